The first kappa shape index (κ1) is 17.2. The Morgan fingerprint density at radius 2 is 2.19 bits per heavy atom. The Bertz CT molecular complexity index is 960. The van der Waals surface area contributed by atoms with E-state index in [4.69, 9.17) is 9.15 Å². The fourth-order valence-electron chi connectivity index (χ4n) is 2.38. The zero-order chi connectivity index (χ0) is 18.7. The van der Waals surface area contributed by atoms with Crippen LogP contribution in [0.25, 0.3) is 0 Å². The van der Waals surface area contributed by atoms with Crippen molar-refractivity contribution in [1.29, 1.82) is 0 Å². The van der Waals surface area contributed by atoms with Gasteiger partial charge in [-0.05, 0) is 36.8 Å². The predicted octanol–water partition coefficient (Wildman–Crippen LogP) is 3.00. The number of amides is 1. The largest absolute Gasteiger partial charge is 0.495 e. The van der Waals surface area contributed by atoms with Crippen molar-refractivity contribution in [3.05, 3.63) is 69.9 Å². The van der Waals surface area contributed by atoms with Gasteiger partial charge < -0.3 is 14.5 Å². The lowest BCUT2D eigenvalue weighted by Crippen LogP contribution is -2.12. The smallest absolute Gasteiger partial charge is 0.307 e. The van der Waals surface area contributed by atoms with Crippen molar-refractivity contribution in [3.8, 4) is 5.75 Å². The van der Waals surface area contributed by atoms with Crippen molar-refractivity contribution >= 4 is 17.3 Å². The minimum Gasteiger partial charge on any atom is -0.495 e. The number of ether oxygens (including phenoxy) is 1. The van der Waals surface area contributed by atoms with Crippen LogP contribution >= 0.6 is 0 Å². The molecule has 0 unspecified atom stereocenters. The standard InChI is InChI=1S/C17H16N4O5/c1-11-3-5-15(25-2)14(7-11)19-17(22)16-6-4-13(26-16)10-20-9-12(8-18-20)21(23)24/h3-9H,10H2,1-2H3,(H,19,22). The molecule has 2 aromatic heterocycles. The average molecular weight is 356 g/mol. The molecule has 0 atom stereocenters. The summed E-state index contributed by atoms with van der Waals surface area (Å²) < 4.78 is 12.1. The van der Waals surface area contributed by atoms with Crippen LogP contribution < -0.4 is 10.1 Å². The van der Waals surface area contributed by atoms with Crippen LogP contribution in [0.3, 0.4) is 0 Å². The molecule has 3 rings (SSSR count). The summed E-state index contributed by atoms with van der Waals surface area (Å²) in [6.45, 7) is 2.08. The number of nitrogens with one attached hydrogen (secondary N) is 1. The van der Waals surface area contributed by atoms with Crippen molar-refractivity contribution in [2.45, 2.75) is 13.5 Å². The van der Waals surface area contributed by atoms with Crippen LogP contribution in [0.2, 0.25) is 0 Å². The Morgan fingerprint density at radius 3 is 2.88 bits per heavy atom. The number of methoxy groups -OCH3 is 1. The number of rotatable bonds is 6. The van der Waals surface area contributed by atoms with E-state index < -0.39 is 10.8 Å². The van der Waals surface area contributed by atoms with Gasteiger partial charge in [-0.3, -0.25) is 19.6 Å². The van der Waals surface area contributed by atoms with Crippen molar-refractivity contribution in [1.82, 2.24) is 9.78 Å². The van der Waals surface area contributed by atoms with E-state index in [1.54, 1.807) is 18.2 Å². The van der Waals surface area contributed by atoms with Gasteiger partial charge in [-0.25, -0.2) is 0 Å². The molecular weight excluding hydrogens is 340 g/mol. The fraction of sp³-hybridized carbons (Fsp3) is 0.176. The maximum absolute atomic E-state index is 12.4. The second-order valence-corrected chi connectivity index (χ2v) is 5.58. The fourth-order valence-corrected chi connectivity index (χ4v) is 2.38. The third-order valence-corrected chi connectivity index (χ3v) is 3.64. The van der Waals surface area contributed by atoms with Crippen molar-refractivity contribution in [2.24, 2.45) is 0 Å². The van der Waals surface area contributed by atoms with Crippen molar-refractivity contribution in [3.63, 3.8) is 0 Å². The number of hydrogen-bond acceptors (Lipinski definition) is 6. The molecule has 2 heterocycles. The monoisotopic (exact) mass is 356 g/mol. The van der Waals surface area contributed by atoms with E-state index in [0.29, 0.717) is 17.2 Å². The highest BCUT2D eigenvalue weighted by molar-refractivity contribution is 6.03. The lowest BCUT2D eigenvalue weighted by Gasteiger charge is -2.10. The molecule has 0 aliphatic heterocycles. The molecule has 3 aromatic rings. The molecule has 26 heavy (non-hydrogen) atoms. The molecule has 0 saturated heterocycles. The zero-order valence-electron chi connectivity index (χ0n) is 14.1. The Hall–Kier alpha value is -3.62. The number of anilines is 1. The molecule has 0 bridgehead atoms. The SMILES string of the molecule is COc1ccc(C)cc1NC(=O)c1ccc(Cn2cc([N+](=O)[O-])cn2)o1. The van der Waals surface area contributed by atoms with Gasteiger partial charge in [0, 0.05) is 0 Å². The van der Waals surface area contributed by atoms with Gasteiger partial charge in [-0.15, -0.1) is 0 Å². The third kappa shape index (κ3) is 3.72. The highest BCUT2D eigenvalue weighted by Gasteiger charge is 2.15. The second-order valence-electron chi connectivity index (χ2n) is 5.58. The molecule has 0 saturated carbocycles. The molecule has 1 amide bonds. The van der Waals surface area contributed by atoms with Gasteiger partial charge in [0.2, 0.25) is 0 Å². The molecular formula is C17H16N4O5. The molecule has 1 N–H and O–H groups in total. The van der Waals surface area contributed by atoms with Crippen LogP contribution in [0, 0.1) is 17.0 Å². The maximum Gasteiger partial charge on any atom is 0.307 e. The summed E-state index contributed by atoms with van der Waals surface area (Å²) >= 11 is 0. The van der Waals surface area contributed by atoms with Gasteiger partial charge in [0.05, 0.1) is 24.3 Å². The van der Waals surface area contributed by atoms with E-state index in [1.165, 1.54) is 24.1 Å². The zero-order valence-corrected chi connectivity index (χ0v) is 14.1. The number of furan rings is 1. The van der Waals surface area contributed by atoms with E-state index in [2.05, 4.69) is 10.4 Å². The van der Waals surface area contributed by atoms with Gasteiger partial charge >= 0.3 is 5.69 Å². The van der Waals surface area contributed by atoms with Crippen LogP contribution in [-0.2, 0) is 6.54 Å². The number of hydrogen-bond donors (Lipinski definition) is 1. The van der Waals surface area contributed by atoms with Gasteiger partial charge in [-0.2, -0.15) is 5.10 Å². The number of aromatic nitrogens is 2. The number of aryl methyl sites for hydroxylation is 1. The summed E-state index contributed by atoms with van der Waals surface area (Å²) in [6, 6.07) is 8.59. The summed E-state index contributed by atoms with van der Waals surface area (Å²) in [6.07, 6.45) is 2.44. The molecule has 1 aromatic carbocycles. The maximum atomic E-state index is 12.4. The van der Waals surface area contributed by atoms with Crippen LogP contribution in [0.4, 0.5) is 11.4 Å². The van der Waals surface area contributed by atoms with Gasteiger partial charge in [-0.1, -0.05) is 6.07 Å². The molecule has 0 fully saturated rings. The van der Waals surface area contributed by atoms with E-state index in [0.717, 1.165) is 11.8 Å². The molecule has 134 valence electrons. The van der Waals surface area contributed by atoms with E-state index in [9.17, 15) is 14.9 Å². The first-order valence-corrected chi connectivity index (χ1v) is 7.68. The molecule has 0 radical (unpaired) electrons. The number of carbonyl (C=O) groups is 1. The van der Waals surface area contributed by atoms with Crippen LogP contribution in [0.1, 0.15) is 21.9 Å². The van der Waals surface area contributed by atoms with E-state index in [-0.39, 0.29) is 18.0 Å². The quantitative estimate of drug-likeness (QED) is 0.537. The molecule has 9 heteroatoms. The Morgan fingerprint density at radius 1 is 1.38 bits per heavy atom. The van der Waals surface area contributed by atoms with Crippen LogP contribution in [0.15, 0.2) is 47.1 Å². The Kier molecular flexibility index (Phi) is 4.70. The predicted molar refractivity (Wildman–Crippen MR) is 92.4 cm³/mol. The third-order valence-electron chi connectivity index (χ3n) is 3.64. The van der Waals surface area contributed by atoms with Gasteiger partial charge in [0.25, 0.3) is 5.91 Å². The minimum absolute atomic E-state index is 0.110. The summed E-state index contributed by atoms with van der Waals surface area (Å²) in [5.41, 5.74) is 1.40. The summed E-state index contributed by atoms with van der Waals surface area (Å²) in [5.74, 6) is 0.681. The molecule has 9 nitrogen and oxygen atoms in total. The van der Waals surface area contributed by atoms with E-state index >= 15 is 0 Å². The van der Waals surface area contributed by atoms with Gasteiger partial charge in [0.15, 0.2) is 5.76 Å². The molecule has 0 aliphatic carbocycles. The van der Waals surface area contributed by atoms with Crippen LogP contribution in [0.5, 0.6) is 5.75 Å². The summed E-state index contributed by atoms with van der Waals surface area (Å²) in [5, 5.41) is 17.3. The van der Waals surface area contributed by atoms with Crippen molar-refractivity contribution in [2.75, 3.05) is 12.4 Å². The Labute approximate surface area is 148 Å². The number of carbonyl (C=O) groups excluding carboxylic acids is 1. The number of benzene rings is 1. The Balaban J connectivity index is 1.71. The number of nitrogens with zero attached hydrogens (tertiary/aromatic N) is 3. The van der Waals surface area contributed by atoms with Crippen LogP contribution in [-0.4, -0.2) is 27.7 Å². The summed E-state index contributed by atoms with van der Waals surface area (Å²) in [4.78, 5) is 22.5. The lowest BCUT2D eigenvalue weighted by atomic mass is 10.2. The van der Waals surface area contributed by atoms with E-state index in [1.807, 2.05) is 13.0 Å². The molecule has 0 spiro atoms. The lowest BCUT2D eigenvalue weighted by molar-refractivity contribution is -0.385. The average Bonchev–Trinajstić information content (AvgIpc) is 3.25. The highest BCUT2D eigenvalue weighted by atomic mass is 16.6. The topological polar surface area (TPSA) is 112 Å². The minimum atomic E-state index is -0.528. The second kappa shape index (κ2) is 7.09. The first-order chi connectivity index (χ1) is 12.5. The highest BCUT2D eigenvalue weighted by Crippen LogP contribution is 2.26. The summed E-state index contributed by atoms with van der Waals surface area (Å²) in [7, 11) is 1.52. The first-order valence-electron chi connectivity index (χ1n) is 7.68. The normalized spacial score (nSPS) is 10.5. The van der Waals surface area contributed by atoms with Crippen molar-refractivity contribution < 1.29 is 18.9 Å². The molecule has 0 aliphatic rings. The van der Waals surface area contributed by atoms with Gasteiger partial charge in [0.1, 0.15) is 23.9 Å². The number of nitro groups is 1.